The van der Waals surface area contributed by atoms with Crippen molar-refractivity contribution in [3.05, 3.63) is 229 Å². The first-order chi connectivity index (χ1) is 34.4. The smallest absolute Gasteiger partial charge is 0.266 e. The summed E-state index contributed by atoms with van der Waals surface area (Å²) in [4.78, 5) is 63.2. The van der Waals surface area contributed by atoms with Gasteiger partial charge in [0.15, 0.2) is 0 Å². The third-order valence-corrected chi connectivity index (χ3v) is 12.8. The highest BCUT2D eigenvalue weighted by molar-refractivity contribution is 6.48. The number of benzene rings is 11. The summed E-state index contributed by atoms with van der Waals surface area (Å²) in [6.07, 6.45) is 0. The molecule has 0 spiro atoms. The van der Waals surface area contributed by atoms with E-state index >= 15 is 19.2 Å². The van der Waals surface area contributed by atoms with Crippen molar-refractivity contribution >= 4 is 78.1 Å². The molecular weight excluding hydrogens is 877 g/mol. The number of hydrogen-bond acceptors (Lipinski definition) is 8. The first-order valence-electron chi connectivity index (χ1n) is 22.6. The number of nitrogens with zero attached hydrogens (tertiary/aromatic N) is 2. The summed E-state index contributed by atoms with van der Waals surface area (Å²) >= 11 is 0. The number of amides is 4. The highest BCUT2D eigenvalue weighted by Crippen LogP contribution is 2.58. The Balaban J connectivity index is 1.27. The van der Waals surface area contributed by atoms with E-state index in [1.807, 2.05) is 84.9 Å². The molecular formula is C60H34N2O8. The van der Waals surface area contributed by atoms with Gasteiger partial charge < -0.3 is 18.9 Å². The van der Waals surface area contributed by atoms with Gasteiger partial charge in [0.25, 0.3) is 23.6 Å². The maximum Gasteiger partial charge on any atom is 0.266 e. The van der Waals surface area contributed by atoms with Gasteiger partial charge in [0, 0.05) is 43.1 Å². The van der Waals surface area contributed by atoms with E-state index in [4.69, 9.17) is 18.9 Å². The molecule has 2 aliphatic heterocycles. The van der Waals surface area contributed by atoms with Gasteiger partial charge in [-0.3, -0.25) is 19.2 Å². The Morgan fingerprint density at radius 1 is 0.243 bits per heavy atom. The number of carbonyl (C=O) groups is 4. The fourth-order valence-corrected chi connectivity index (χ4v) is 9.91. The van der Waals surface area contributed by atoms with Crippen molar-refractivity contribution in [3.63, 3.8) is 0 Å². The van der Waals surface area contributed by atoms with Gasteiger partial charge in [-0.1, -0.05) is 109 Å². The van der Waals surface area contributed by atoms with E-state index in [0.29, 0.717) is 77.5 Å². The predicted octanol–water partition coefficient (Wildman–Crippen LogP) is 14.5. The standard InChI is InChI=1S/C60H34N2O8/c63-57-41-31-45(67-37-23-11-3-12-24-37)51-53-47(69-39-27-15-5-16-28-39)33-43-50-44(60(66)62(59(43)65)36-21-9-2-10-22-36)34-48(70-40-29-17-6-18-30-40)54(56(50)53)52-46(68-38-25-13-4-14-26-38)32-42(49(41)55(51)52)58(64)61(57)35-19-7-1-8-20-35/h1-34H. The lowest BCUT2D eigenvalue weighted by Crippen LogP contribution is -2.40. The molecule has 0 fully saturated rings. The third kappa shape index (κ3) is 6.28. The maximum atomic E-state index is 15.2. The molecule has 0 unspecified atom stereocenters. The molecule has 2 aliphatic rings. The highest BCUT2D eigenvalue weighted by Gasteiger charge is 2.42. The molecule has 13 rings (SSSR count). The van der Waals surface area contributed by atoms with Crippen molar-refractivity contribution in [2.75, 3.05) is 9.80 Å². The SMILES string of the molecule is O=C1c2cc(Oc3ccccc3)c3c4c(Oc5ccccc5)cc5c6c(cc(Oc7ccccc7)c(c7c(Oc8ccccc8)cc(c2c37)C(=O)N1c1ccccc1)c64)C(=O)N(c1ccccc1)C5=O. The molecule has 4 amide bonds. The number of para-hydroxylation sites is 6. The fourth-order valence-electron chi connectivity index (χ4n) is 9.91. The lowest BCUT2D eigenvalue weighted by Gasteiger charge is -2.32. The van der Waals surface area contributed by atoms with E-state index in [1.165, 1.54) is 9.80 Å². The second-order valence-electron chi connectivity index (χ2n) is 16.9. The van der Waals surface area contributed by atoms with Gasteiger partial charge in [-0.05, 0) is 97.1 Å². The van der Waals surface area contributed by atoms with Crippen LogP contribution in [0.4, 0.5) is 11.4 Å². The minimum Gasteiger partial charge on any atom is -0.457 e. The minimum atomic E-state index is -0.564. The van der Waals surface area contributed by atoms with Gasteiger partial charge in [-0.2, -0.15) is 0 Å². The predicted molar refractivity (Wildman–Crippen MR) is 269 cm³/mol. The zero-order chi connectivity index (χ0) is 47.0. The third-order valence-electron chi connectivity index (χ3n) is 12.8. The molecule has 11 aromatic rings. The molecule has 0 saturated heterocycles. The van der Waals surface area contributed by atoms with Crippen molar-refractivity contribution < 1.29 is 38.1 Å². The second kappa shape index (κ2) is 15.9. The van der Waals surface area contributed by atoms with E-state index in [2.05, 4.69) is 0 Å². The highest BCUT2D eigenvalue weighted by atomic mass is 16.5. The minimum absolute atomic E-state index is 0.199. The van der Waals surface area contributed by atoms with Crippen LogP contribution in [0.2, 0.25) is 0 Å². The van der Waals surface area contributed by atoms with E-state index < -0.39 is 23.6 Å². The van der Waals surface area contributed by atoms with Crippen LogP contribution in [0.25, 0.3) is 43.1 Å². The molecule has 332 valence electrons. The normalized spacial score (nSPS) is 13.2. The monoisotopic (exact) mass is 910 g/mol. The average molecular weight is 911 g/mol. The Morgan fingerprint density at radius 3 is 0.686 bits per heavy atom. The van der Waals surface area contributed by atoms with Crippen molar-refractivity contribution in [2.24, 2.45) is 0 Å². The number of carbonyl (C=O) groups excluding carboxylic acids is 4. The van der Waals surface area contributed by atoms with Crippen molar-refractivity contribution in [2.45, 2.75) is 0 Å². The molecule has 0 radical (unpaired) electrons. The maximum absolute atomic E-state index is 15.2. The second-order valence-corrected chi connectivity index (χ2v) is 16.9. The number of rotatable bonds is 10. The van der Waals surface area contributed by atoms with Crippen LogP contribution in [0, 0.1) is 0 Å². The van der Waals surface area contributed by atoms with E-state index in [0.717, 1.165) is 0 Å². The Labute approximate surface area is 399 Å². The topological polar surface area (TPSA) is 112 Å². The fraction of sp³-hybridized carbons (Fsp3) is 0. The quantitative estimate of drug-likeness (QED) is 0.0758. The summed E-state index contributed by atoms with van der Waals surface area (Å²) in [7, 11) is 0. The first-order valence-corrected chi connectivity index (χ1v) is 22.6. The van der Waals surface area contributed by atoms with Crippen LogP contribution in [0.3, 0.4) is 0 Å². The van der Waals surface area contributed by atoms with Crippen molar-refractivity contribution in [1.29, 1.82) is 0 Å². The van der Waals surface area contributed by atoms with Crippen LogP contribution in [0.15, 0.2) is 206 Å². The zero-order valence-corrected chi connectivity index (χ0v) is 36.8. The average Bonchev–Trinajstić information content (AvgIpc) is 3.40. The van der Waals surface area contributed by atoms with Gasteiger partial charge in [0.2, 0.25) is 0 Å². The van der Waals surface area contributed by atoms with Gasteiger partial charge in [0.05, 0.1) is 33.6 Å². The van der Waals surface area contributed by atoms with Gasteiger partial charge in [-0.15, -0.1) is 0 Å². The first kappa shape index (κ1) is 40.5. The lowest BCUT2D eigenvalue weighted by atomic mass is 9.80. The van der Waals surface area contributed by atoms with Crippen LogP contribution < -0.4 is 28.7 Å². The number of fused-ring (bicyclic) bond motifs is 2. The molecule has 2 heterocycles. The number of anilines is 2. The summed E-state index contributed by atoms with van der Waals surface area (Å²) in [5.41, 5.74) is 1.56. The molecule has 0 N–H and O–H groups in total. The zero-order valence-electron chi connectivity index (χ0n) is 36.8. The van der Waals surface area contributed by atoms with Crippen LogP contribution in [0.5, 0.6) is 46.0 Å². The number of ether oxygens (including phenoxy) is 4. The molecule has 0 bridgehead atoms. The Bertz CT molecular complexity index is 3470. The van der Waals surface area contributed by atoms with Crippen LogP contribution in [-0.4, -0.2) is 23.6 Å². The van der Waals surface area contributed by atoms with Gasteiger partial charge >= 0.3 is 0 Å². The van der Waals surface area contributed by atoms with E-state index in [-0.39, 0.29) is 45.3 Å². The molecule has 10 heteroatoms. The summed E-state index contributed by atoms with van der Waals surface area (Å²) in [6, 6.07) is 60.9. The number of hydrogen-bond donors (Lipinski definition) is 0. The molecule has 0 atom stereocenters. The van der Waals surface area contributed by atoms with Crippen LogP contribution in [-0.2, 0) is 0 Å². The summed E-state index contributed by atoms with van der Waals surface area (Å²) in [5, 5.41) is 3.32. The van der Waals surface area contributed by atoms with Crippen molar-refractivity contribution in [1.82, 2.24) is 0 Å². The largest absolute Gasteiger partial charge is 0.457 e. The summed E-state index contributed by atoms with van der Waals surface area (Å²) in [5.74, 6) is 0.527. The van der Waals surface area contributed by atoms with Gasteiger partial charge in [0.1, 0.15) is 46.0 Å². The summed E-state index contributed by atoms with van der Waals surface area (Å²) in [6.45, 7) is 0. The Morgan fingerprint density at radius 2 is 0.457 bits per heavy atom. The Hall–Kier alpha value is -9.80. The van der Waals surface area contributed by atoms with E-state index in [9.17, 15) is 0 Å². The molecule has 0 aliphatic carbocycles. The summed E-state index contributed by atoms with van der Waals surface area (Å²) < 4.78 is 27.8. The molecule has 0 saturated carbocycles. The number of imide groups is 2. The Kier molecular flexibility index (Phi) is 9.21. The molecule has 70 heavy (non-hydrogen) atoms. The molecule has 10 nitrogen and oxygen atoms in total. The molecule has 11 aromatic carbocycles. The lowest BCUT2D eigenvalue weighted by molar-refractivity contribution is 0.0877. The van der Waals surface area contributed by atoms with Crippen LogP contribution >= 0.6 is 0 Å². The molecule has 0 aromatic heterocycles. The van der Waals surface area contributed by atoms with E-state index in [1.54, 1.807) is 121 Å². The van der Waals surface area contributed by atoms with Gasteiger partial charge in [-0.25, -0.2) is 9.80 Å². The van der Waals surface area contributed by atoms with Crippen molar-refractivity contribution in [3.8, 4) is 46.0 Å². The van der Waals surface area contributed by atoms with Crippen LogP contribution in [0.1, 0.15) is 41.4 Å².